The Hall–Kier alpha value is -2.53. The van der Waals surface area contributed by atoms with Crippen LogP contribution in [0.2, 0.25) is 0 Å². The van der Waals surface area contributed by atoms with Crippen molar-refractivity contribution in [2.75, 3.05) is 33.4 Å². The highest BCUT2D eigenvalue weighted by atomic mass is 16.5. The van der Waals surface area contributed by atoms with Crippen LogP contribution in [0.4, 0.5) is 0 Å². The molecule has 2 aromatic carbocycles. The van der Waals surface area contributed by atoms with Gasteiger partial charge in [0.2, 0.25) is 0 Å². The summed E-state index contributed by atoms with van der Waals surface area (Å²) >= 11 is 0. The van der Waals surface area contributed by atoms with Crippen molar-refractivity contribution in [2.24, 2.45) is 0 Å². The number of methoxy groups -OCH3 is 1. The highest BCUT2D eigenvalue weighted by Crippen LogP contribution is 2.25. The molecule has 3 rings (SSSR count). The Morgan fingerprint density at radius 1 is 0.967 bits per heavy atom. The predicted octanol–water partition coefficient (Wildman–Crippen LogP) is 4.37. The molecule has 1 atom stereocenters. The first-order valence-corrected chi connectivity index (χ1v) is 11.1. The fourth-order valence-corrected chi connectivity index (χ4v) is 3.92. The van der Waals surface area contributed by atoms with E-state index in [-0.39, 0.29) is 18.6 Å². The Morgan fingerprint density at radius 3 is 2.20 bits per heavy atom. The highest BCUT2D eigenvalue weighted by molar-refractivity contribution is 5.77. The zero-order valence-corrected chi connectivity index (χ0v) is 18.2. The molecule has 0 radical (unpaired) electrons. The van der Waals surface area contributed by atoms with E-state index in [9.17, 15) is 4.79 Å². The smallest absolute Gasteiger partial charge is 0.258 e. The maximum Gasteiger partial charge on any atom is 0.258 e. The summed E-state index contributed by atoms with van der Waals surface area (Å²) in [5, 5.41) is 3.08. The van der Waals surface area contributed by atoms with Crippen molar-refractivity contribution in [3.63, 3.8) is 0 Å². The third-order valence-electron chi connectivity index (χ3n) is 5.78. The van der Waals surface area contributed by atoms with Crippen LogP contribution in [0, 0.1) is 0 Å². The molecule has 2 aromatic rings. The van der Waals surface area contributed by atoms with Crippen molar-refractivity contribution in [2.45, 2.75) is 45.1 Å². The number of hydrogen-bond acceptors (Lipinski definition) is 4. The molecule has 0 aromatic heterocycles. The minimum atomic E-state index is -0.0945. The molecule has 0 unspecified atom stereocenters. The molecule has 0 saturated carbocycles. The van der Waals surface area contributed by atoms with Crippen LogP contribution in [0.5, 0.6) is 11.5 Å². The molecule has 1 saturated heterocycles. The lowest BCUT2D eigenvalue weighted by molar-refractivity contribution is -0.123. The van der Waals surface area contributed by atoms with Crippen molar-refractivity contribution in [3.05, 3.63) is 59.7 Å². The molecule has 1 heterocycles. The van der Waals surface area contributed by atoms with Gasteiger partial charge in [-0.05, 0) is 67.7 Å². The van der Waals surface area contributed by atoms with Gasteiger partial charge in [-0.2, -0.15) is 0 Å². The van der Waals surface area contributed by atoms with Gasteiger partial charge in [0.25, 0.3) is 5.91 Å². The van der Waals surface area contributed by atoms with Gasteiger partial charge in [-0.3, -0.25) is 9.69 Å². The van der Waals surface area contributed by atoms with Crippen LogP contribution in [0.3, 0.4) is 0 Å². The lowest BCUT2D eigenvalue weighted by Gasteiger charge is -2.31. The molecule has 5 nitrogen and oxygen atoms in total. The average Bonchev–Trinajstić information content (AvgIpc) is 3.08. The summed E-state index contributed by atoms with van der Waals surface area (Å²) in [7, 11) is 1.68. The maximum atomic E-state index is 12.5. The van der Waals surface area contributed by atoms with Crippen LogP contribution in [-0.4, -0.2) is 44.2 Å². The maximum absolute atomic E-state index is 12.5. The third kappa shape index (κ3) is 6.49. The number of likely N-dealkylation sites (tertiary alicyclic amines) is 1. The molecule has 5 heteroatoms. The van der Waals surface area contributed by atoms with E-state index in [1.165, 1.54) is 36.8 Å². The van der Waals surface area contributed by atoms with Crippen molar-refractivity contribution in [1.82, 2.24) is 10.2 Å². The largest absolute Gasteiger partial charge is 0.497 e. The molecule has 162 valence electrons. The predicted molar refractivity (Wildman–Crippen MR) is 120 cm³/mol. The Balaban J connectivity index is 1.59. The van der Waals surface area contributed by atoms with E-state index < -0.39 is 0 Å². The summed E-state index contributed by atoms with van der Waals surface area (Å²) in [6.45, 7) is 4.84. The van der Waals surface area contributed by atoms with Gasteiger partial charge in [-0.1, -0.05) is 44.0 Å². The Kier molecular flexibility index (Phi) is 8.57. The molecule has 1 amide bonds. The summed E-state index contributed by atoms with van der Waals surface area (Å²) in [5.41, 5.74) is 2.46. The lowest BCUT2D eigenvalue weighted by Crippen LogP contribution is -2.40. The van der Waals surface area contributed by atoms with Gasteiger partial charge in [0, 0.05) is 6.54 Å². The van der Waals surface area contributed by atoms with Crippen molar-refractivity contribution < 1.29 is 14.3 Å². The number of carbonyl (C=O) groups excluding carboxylic acids is 1. The van der Waals surface area contributed by atoms with Gasteiger partial charge >= 0.3 is 0 Å². The number of amides is 1. The number of aryl methyl sites for hydroxylation is 1. The van der Waals surface area contributed by atoms with Crippen LogP contribution in [0.15, 0.2) is 48.5 Å². The number of nitrogens with zero attached hydrogens (tertiary/aromatic N) is 1. The van der Waals surface area contributed by atoms with E-state index in [0.29, 0.717) is 6.54 Å². The molecule has 1 aliphatic rings. The second kappa shape index (κ2) is 11.6. The molecule has 0 bridgehead atoms. The fraction of sp³-hybridized carbons (Fsp3) is 0.480. The minimum absolute atomic E-state index is 0.0286. The van der Waals surface area contributed by atoms with Crippen LogP contribution < -0.4 is 14.8 Å². The molecular weight excluding hydrogens is 376 g/mol. The number of carbonyl (C=O) groups is 1. The molecule has 0 aliphatic carbocycles. The summed E-state index contributed by atoms with van der Waals surface area (Å²) in [6, 6.07) is 16.3. The normalized spacial score (nSPS) is 15.8. The monoisotopic (exact) mass is 410 g/mol. The zero-order chi connectivity index (χ0) is 21.2. The molecule has 1 fully saturated rings. The van der Waals surface area contributed by atoms with Crippen LogP contribution in [-0.2, 0) is 11.2 Å². The first-order valence-electron chi connectivity index (χ1n) is 11.1. The molecule has 0 spiro atoms. The number of hydrogen-bond donors (Lipinski definition) is 1. The minimum Gasteiger partial charge on any atom is -0.497 e. The number of ether oxygens (including phenoxy) is 2. The van der Waals surface area contributed by atoms with Crippen LogP contribution >= 0.6 is 0 Å². The standard InChI is InChI=1S/C25H34N2O3/c1-3-20-8-12-23(13-9-20)30-19-25(28)26-18-24(27-16-6-4-5-7-17-27)21-10-14-22(29-2)15-11-21/h8-15,24H,3-7,16-19H2,1-2H3,(H,26,28)/t24-/m0/s1. The van der Waals surface area contributed by atoms with Crippen molar-refractivity contribution >= 4 is 5.91 Å². The zero-order valence-electron chi connectivity index (χ0n) is 18.2. The summed E-state index contributed by atoms with van der Waals surface area (Å²) < 4.78 is 11.0. The summed E-state index contributed by atoms with van der Waals surface area (Å²) in [5.74, 6) is 1.48. The molecule has 1 aliphatic heterocycles. The topological polar surface area (TPSA) is 50.8 Å². The van der Waals surface area contributed by atoms with E-state index in [4.69, 9.17) is 9.47 Å². The first-order chi connectivity index (χ1) is 14.7. The lowest BCUT2D eigenvalue weighted by atomic mass is 10.0. The average molecular weight is 411 g/mol. The van der Waals surface area contributed by atoms with E-state index in [2.05, 4.69) is 29.3 Å². The molecular formula is C25H34N2O3. The number of benzene rings is 2. The quantitative estimate of drug-likeness (QED) is 0.667. The second-order valence-electron chi connectivity index (χ2n) is 7.83. The van der Waals surface area contributed by atoms with E-state index >= 15 is 0 Å². The van der Waals surface area contributed by atoms with Gasteiger partial charge in [-0.15, -0.1) is 0 Å². The first kappa shape index (κ1) is 22.2. The highest BCUT2D eigenvalue weighted by Gasteiger charge is 2.22. The summed E-state index contributed by atoms with van der Waals surface area (Å²) in [6.07, 6.45) is 5.96. The van der Waals surface area contributed by atoms with E-state index in [0.717, 1.165) is 31.0 Å². The van der Waals surface area contributed by atoms with Gasteiger partial charge in [0.15, 0.2) is 6.61 Å². The number of rotatable bonds is 9. The van der Waals surface area contributed by atoms with E-state index in [1.807, 2.05) is 36.4 Å². The van der Waals surface area contributed by atoms with Gasteiger partial charge in [0.05, 0.1) is 13.2 Å². The van der Waals surface area contributed by atoms with Crippen molar-refractivity contribution in [1.29, 1.82) is 0 Å². The Bertz CT molecular complexity index is 766. The third-order valence-corrected chi connectivity index (χ3v) is 5.78. The molecule has 30 heavy (non-hydrogen) atoms. The number of nitrogens with one attached hydrogen (secondary N) is 1. The fourth-order valence-electron chi connectivity index (χ4n) is 3.92. The van der Waals surface area contributed by atoms with E-state index in [1.54, 1.807) is 7.11 Å². The Morgan fingerprint density at radius 2 is 1.60 bits per heavy atom. The van der Waals surface area contributed by atoms with Crippen molar-refractivity contribution in [3.8, 4) is 11.5 Å². The van der Waals surface area contributed by atoms with Gasteiger partial charge in [0.1, 0.15) is 11.5 Å². The molecule has 1 N–H and O–H groups in total. The van der Waals surface area contributed by atoms with Crippen LogP contribution in [0.25, 0.3) is 0 Å². The second-order valence-corrected chi connectivity index (χ2v) is 7.83. The van der Waals surface area contributed by atoms with Gasteiger partial charge < -0.3 is 14.8 Å². The van der Waals surface area contributed by atoms with Crippen LogP contribution in [0.1, 0.15) is 49.8 Å². The summed E-state index contributed by atoms with van der Waals surface area (Å²) in [4.78, 5) is 15.0. The Labute approximate surface area is 180 Å². The van der Waals surface area contributed by atoms with Gasteiger partial charge in [-0.25, -0.2) is 0 Å². The SMILES string of the molecule is CCc1ccc(OCC(=O)NC[C@@H](c2ccc(OC)cc2)N2CCCCCC2)cc1.